The van der Waals surface area contributed by atoms with Gasteiger partial charge in [0.05, 0.1) is 23.1 Å². The normalized spacial score (nSPS) is 14.0. The lowest BCUT2D eigenvalue weighted by Crippen LogP contribution is -2.59. The van der Waals surface area contributed by atoms with E-state index < -0.39 is 65.5 Å². The third-order valence-electron chi connectivity index (χ3n) is 7.68. The van der Waals surface area contributed by atoms with E-state index in [1.807, 2.05) is 0 Å². The summed E-state index contributed by atoms with van der Waals surface area (Å²) in [5.74, 6) is -2.38. The summed E-state index contributed by atoms with van der Waals surface area (Å²) in [5.41, 5.74) is -7.03. The van der Waals surface area contributed by atoms with Crippen molar-refractivity contribution in [1.82, 2.24) is 13.7 Å². The van der Waals surface area contributed by atoms with Crippen molar-refractivity contribution in [2.75, 3.05) is 0 Å². The van der Waals surface area contributed by atoms with Gasteiger partial charge in [-0.05, 0) is 23.1 Å². The van der Waals surface area contributed by atoms with Crippen LogP contribution in [0.25, 0.3) is 21.5 Å². The van der Waals surface area contributed by atoms with Crippen LogP contribution in [0.3, 0.4) is 0 Å². The van der Waals surface area contributed by atoms with Gasteiger partial charge < -0.3 is 9.79 Å². The molecule has 256 valence electrons. The summed E-state index contributed by atoms with van der Waals surface area (Å²) in [6.07, 6.45) is -5.39. The second-order valence-corrected chi connectivity index (χ2v) is 15.8. The van der Waals surface area contributed by atoms with E-state index in [0.29, 0.717) is 17.0 Å². The van der Waals surface area contributed by atoms with E-state index in [9.17, 15) is 46.3 Å². The number of phosphoric ester groups is 1. The van der Waals surface area contributed by atoms with Gasteiger partial charge in [-0.25, -0.2) is 13.8 Å². The van der Waals surface area contributed by atoms with Gasteiger partial charge in [0, 0.05) is 35.9 Å². The van der Waals surface area contributed by atoms with Gasteiger partial charge in [-0.3, -0.25) is 27.8 Å². The molecule has 1 amide bonds. The van der Waals surface area contributed by atoms with E-state index >= 15 is 0 Å². The number of thiophene rings is 1. The number of hydrogen-bond acceptors (Lipinski definition) is 7. The Kier molecular flexibility index (Phi) is 9.38. The van der Waals surface area contributed by atoms with E-state index in [4.69, 9.17) is 4.52 Å². The summed E-state index contributed by atoms with van der Waals surface area (Å²) < 4.78 is 76.7. The molecule has 4 rings (SSSR count). The van der Waals surface area contributed by atoms with Gasteiger partial charge in [-0.15, -0.1) is 22.7 Å². The predicted molar refractivity (Wildman–Crippen MR) is 169 cm³/mol. The topological polar surface area (TPSA) is 145 Å². The number of amides is 1. The number of aromatic nitrogens is 3. The van der Waals surface area contributed by atoms with E-state index in [2.05, 4.69) is 4.99 Å². The lowest BCUT2D eigenvalue weighted by Gasteiger charge is -2.53. The molecule has 0 saturated heterocycles. The third-order valence-corrected chi connectivity index (χ3v) is 10.1. The molecular formula is C29H33F4N4O7PS2. The second kappa shape index (κ2) is 12.0. The minimum Gasteiger partial charge on any atom is -0.303 e. The van der Waals surface area contributed by atoms with E-state index in [0.717, 1.165) is 33.3 Å². The maximum absolute atomic E-state index is 14.9. The number of carbonyl (C=O) groups excluding carboxylic acids is 1. The summed E-state index contributed by atoms with van der Waals surface area (Å²) in [6.45, 7) is 9.66. The lowest BCUT2D eigenvalue weighted by atomic mass is 9.68. The molecule has 0 aliphatic rings. The van der Waals surface area contributed by atoms with Crippen LogP contribution in [0.4, 0.5) is 17.6 Å². The molecule has 47 heavy (non-hydrogen) atoms. The number of aryl methyl sites for hydroxylation is 1. The largest absolute Gasteiger partial charge is 0.471 e. The fourth-order valence-corrected chi connectivity index (χ4v) is 8.89. The molecule has 0 unspecified atom stereocenters. The first-order valence-corrected chi connectivity index (χ1v) is 17.2. The summed E-state index contributed by atoms with van der Waals surface area (Å²) in [7, 11) is -2.56. The first-order chi connectivity index (χ1) is 21.3. The van der Waals surface area contributed by atoms with E-state index in [1.165, 1.54) is 28.6 Å². The Morgan fingerprint density at radius 1 is 0.979 bits per heavy atom. The van der Waals surface area contributed by atoms with Crippen molar-refractivity contribution in [3.05, 3.63) is 71.5 Å². The highest BCUT2D eigenvalue weighted by Crippen LogP contribution is 2.59. The number of carbonyl (C=O) groups is 1. The van der Waals surface area contributed by atoms with E-state index in [1.54, 1.807) is 46.9 Å². The highest BCUT2D eigenvalue weighted by molar-refractivity contribution is 7.46. The average Bonchev–Trinajstić information content (AvgIpc) is 3.51. The molecular weight excluding hydrogens is 687 g/mol. The van der Waals surface area contributed by atoms with Crippen LogP contribution in [-0.4, -0.2) is 29.4 Å². The molecule has 0 bridgehead atoms. The maximum Gasteiger partial charge on any atom is 0.471 e. The number of nitrogens with zero attached hydrogens (tertiary/aromatic N) is 4. The highest BCUT2D eigenvalue weighted by Gasteiger charge is 2.58. The second-order valence-electron chi connectivity index (χ2n) is 13.0. The first kappa shape index (κ1) is 36.6. The molecule has 2 N–H and O–H groups in total. The Bertz CT molecular complexity index is 2110. The van der Waals surface area contributed by atoms with Gasteiger partial charge in [-0.1, -0.05) is 47.6 Å². The van der Waals surface area contributed by atoms with Crippen molar-refractivity contribution in [2.45, 2.75) is 59.9 Å². The van der Waals surface area contributed by atoms with Crippen LogP contribution in [0.5, 0.6) is 0 Å². The predicted octanol–water partition coefficient (Wildman–Crippen LogP) is 5.51. The zero-order valence-electron chi connectivity index (χ0n) is 26.6. The summed E-state index contributed by atoms with van der Waals surface area (Å²) in [4.78, 5) is 63.7. The van der Waals surface area contributed by atoms with Crippen LogP contribution in [0.15, 0.2) is 43.5 Å². The number of alkyl halides is 3. The van der Waals surface area contributed by atoms with Gasteiger partial charge in [0.25, 0.3) is 11.5 Å². The number of thiazole rings is 1. The van der Waals surface area contributed by atoms with Crippen LogP contribution in [0.1, 0.15) is 52.7 Å². The van der Waals surface area contributed by atoms with E-state index in [-0.39, 0.29) is 27.0 Å². The number of phosphoric acid groups is 1. The monoisotopic (exact) mass is 720 g/mol. The fourth-order valence-electron chi connectivity index (χ4n) is 5.95. The molecule has 3 aromatic heterocycles. The summed E-state index contributed by atoms with van der Waals surface area (Å²) >= 11 is 1.90. The number of fused-ring (bicyclic) bond motifs is 1. The van der Waals surface area contributed by atoms with Gasteiger partial charge in [-0.2, -0.15) is 18.2 Å². The molecule has 0 aliphatic carbocycles. The molecule has 18 heteroatoms. The number of halogens is 4. The van der Waals surface area contributed by atoms with Crippen molar-refractivity contribution in [3.8, 4) is 11.3 Å². The molecule has 1 aromatic carbocycles. The van der Waals surface area contributed by atoms with Crippen molar-refractivity contribution < 1.29 is 41.2 Å². The Morgan fingerprint density at radius 3 is 2.09 bits per heavy atom. The van der Waals surface area contributed by atoms with Gasteiger partial charge in [0.2, 0.25) is 0 Å². The minimum atomic E-state index is -5.35. The van der Waals surface area contributed by atoms with Crippen LogP contribution in [0.2, 0.25) is 0 Å². The molecule has 0 fully saturated rings. The van der Waals surface area contributed by atoms with Gasteiger partial charge in [0.1, 0.15) is 10.6 Å². The molecule has 0 spiro atoms. The number of hydrogen-bond donors (Lipinski definition) is 2. The molecule has 0 atom stereocenters. The molecule has 11 nitrogen and oxygen atoms in total. The zero-order valence-corrected chi connectivity index (χ0v) is 29.1. The molecule has 3 heterocycles. The lowest BCUT2D eigenvalue weighted by molar-refractivity contribution is -0.191. The summed E-state index contributed by atoms with van der Waals surface area (Å²) in [6, 6.07) is 2.18. The fraction of sp³-hybridized carbons (Fsp3) is 0.448. The van der Waals surface area contributed by atoms with Gasteiger partial charge >= 0.3 is 19.7 Å². The van der Waals surface area contributed by atoms with Crippen molar-refractivity contribution in [3.63, 3.8) is 0 Å². The van der Waals surface area contributed by atoms with Crippen LogP contribution < -0.4 is 16.1 Å². The molecule has 0 saturated carbocycles. The quantitative estimate of drug-likeness (QED) is 0.197. The summed E-state index contributed by atoms with van der Waals surface area (Å²) in [5, 5.41) is 3.06. The smallest absolute Gasteiger partial charge is 0.303 e. The van der Waals surface area contributed by atoms with Crippen molar-refractivity contribution in [1.29, 1.82) is 0 Å². The Balaban J connectivity index is 2.05. The SMILES string of the molecule is Cn1c(=O)c2c(CC(=O)N=c3scc(-c4ccc(C(F)(F)F)c(F)c4)n3C(OP(=O)(O)O)(C(C)(C)C)C(C)(C)C)csc2n(C)c1=O. The average molecular weight is 721 g/mol. The van der Waals surface area contributed by atoms with Crippen LogP contribution in [0, 0.1) is 16.6 Å². The highest BCUT2D eigenvalue weighted by atomic mass is 32.1. The molecule has 0 radical (unpaired) electrons. The Hall–Kier alpha value is -3.21. The van der Waals surface area contributed by atoms with Crippen LogP contribution in [-0.2, 0) is 46.3 Å². The molecule has 4 aromatic rings. The zero-order chi connectivity index (χ0) is 35.7. The van der Waals surface area contributed by atoms with Crippen molar-refractivity contribution in [2.24, 2.45) is 29.9 Å². The first-order valence-electron chi connectivity index (χ1n) is 13.9. The number of rotatable bonds is 6. The third kappa shape index (κ3) is 6.61. The Labute approximate surface area is 273 Å². The van der Waals surface area contributed by atoms with Gasteiger partial charge in [0.15, 0.2) is 10.5 Å². The minimum absolute atomic E-state index is 0.0303. The number of benzene rings is 1. The van der Waals surface area contributed by atoms with Crippen LogP contribution >= 0.6 is 30.5 Å². The maximum atomic E-state index is 14.9. The Morgan fingerprint density at radius 2 is 1.57 bits per heavy atom. The standard InChI is InChI=1S/C29H33F4N4O7PS2/c1-26(2,3)29(27(4,5)6,44-45(41,42)43)37-19(15-9-10-17(18(30)11-15)28(31,32)33)14-47-24(37)34-20(38)12-16-13-46-23-21(16)22(39)35(7)25(40)36(23)8/h9-11,13-14H,12H2,1-8H3,(H2,41,42,43). The molecule has 0 aliphatic heterocycles. The van der Waals surface area contributed by atoms with Crippen molar-refractivity contribution >= 4 is 46.6 Å².